The van der Waals surface area contributed by atoms with Crippen molar-refractivity contribution in [3.8, 4) is 11.1 Å². The number of aryl methyl sites for hydroxylation is 2. The molecule has 2 amide bonds. The average molecular weight is 453 g/mol. The van der Waals surface area contributed by atoms with Gasteiger partial charge in [0.15, 0.2) is 0 Å². The lowest BCUT2D eigenvalue weighted by atomic mass is 9.79. The van der Waals surface area contributed by atoms with Crippen molar-refractivity contribution in [1.82, 2.24) is 15.3 Å². The largest absolute Gasteiger partial charge is 0.444 e. The molecule has 0 radical (unpaired) electrons. The summed E-state index contributed by atoms with van der Waals surface area (Å²) in [5.41, 5.74) is 3.57. The fourth-order valence-electron chi connectivity index (χ4n) is 4.43. The van der Waals surface area contributed by atoms with Crippen LogP contribution in [0.1, 0.15) is 64.5 Å². The predicted octanol–water partition coefficient (Wildman–Crippen LogP) is 5.42. The molecular weight excluding hydrogens is 416 g/mol. The van der Waals surface area contributed by atoms with Gasteiger partial charge in [-0.25, -0.2) is 9.78 Å². The molecule has 178 valence electrons. The highest BCUT2D eigenvalue weighted by Gasteiger charge is 2.34. The maximum atomic E-state index is 13.2. The Morgan fingerprint density at radius 1 is 1.03 bits per heavy atom. The van der Waals surface area contributed by atoms with Crippen LogP contribution >= 0.6 is 0 Å². The van der Waals surface area contributed by atoms with Crippen LogP contribution in [0.3, 0.4) is 0 Å². The molecule has 1 atom stereocenters. The third kappa shape index (κ3) is 6.76. The summed E-state index contributed by atoms with van der Waals surface area (Å²) in [5.74, 6) is 0.890. The van der Waals surface area contributed by atoms with Crippen LogP contribution < -0.4 is 10.6 Å². The second-order valence-electron chi connectivity index (χ2n) is 10.2. The number of alkyl carbamates (subject to hydrolysis) is 1. The van der Waals surface area contributed by atoms with E-state index in [9.17, 15) is 9.59 Å². The Labute approximate surface area is 196 Å². The molecule has 1 aliphatic carbocycles. The molecule has 1 saturated carbocycles. The highest BCUT2D eigenvalue weighted by molar-refractivity contribution is 5.96. The fraction of sp³-hybridized carbons (Fsp3) is 0.538. The third-order valence-corrected chi connectivity index (χ3v) is 6.12. The molecule has 2 heterocycles. The van der Waals surface area contributed by atoms with Crippen LogP contribution in [0.25, 0.3) is 11.1 Å². The van der Waals surface area contributed by atoms with Crippen molar-refractivity contribution in [2.24, 2.45) is 11.8 Å². The summed E-state index contributed by atoms with van der Waals surface area (Å²) < 4.78 is 5.42. The maximum Gasteiger partial charge on any atom is 0.408 e. The van der Waals surface area contributed by atoms with E-state index in [1.165, 1.54) is 0 Å². The molecule has 2 aromatic heterocycles. The molecule has 0 aromatic carbocycles. The molecule has 33 heavy (non-hydrogen) atoms. The van der Waals surface area contributed by atoms with Crippen molar-refractivity contribution in [1.29, 1.82) is 0 Å². The zero-order valence-electron chi connectivity index (χ0n) is 20.6. The van der Waals surface area contributed by atoms with Crippen LogP contribution in [0.4, 0.5) is 10.6 Å². The number of hydrogen-bond donors (Lipinski definition) is 2. The van der Waals surface area contributed by atoms with E-state index < -0.39 is 17.7 Å². The van der Waals surface area contributed by atoms with Gasteiger partial charge >= 0.3 is 6.09 Å². The minimum absolute atomic E-state index is 0.0649. The van der Waals surface area contributed by atoms with E-state index in [1.54, 1.807) is 12.3 Å². The van der Waals surface area contributed by atoms with Gasteiger partial charge in [-0.05, 0) is 88.1 Å². The van der Waals surface area contributed by atoms with Gasteiger partial charge in [-0.1, -0.05) is 19.8 Å². The Morgan fingerprint density at radius 3 is 2.21 bits per heavy atom. The number of aromatic nitrogens is 2. The molecule has 0 spiro atoms. The first-order valence-corrected chi connectivity index (χ1v) is 11.7. The van der Waals surface area contributed by atoms with E-state index in [4.69, 9.17) is 4.74 Å². The number of hydrogen-bond acceptors (Lipinski definition) is 5. The summed E-state index contributed by atoms with van der Waals surface area (Å²) in [6.07, 6.45) is 8.71. The summed E-state index contributed by atoms with van der Waals surface area (Å²) in [6.45, 7) is 11.7. The number of rotatable bonds is 5. The van der Waals surface area contributed by atoms with Crippen LogP contribution in [-0.4, -0.2) is 33.6 Å². The van der Waals surface area contributed by atoms with Gasteiger partial charge in [0.25, 0.3) is 0 Å². The standard InChI is InChI=1S/C26H36N4O3/c1-16-7-9-19(10-8-16)23(30-25(32)33-26(4,5)6)24(31)29-21-12-11-20(15-28-21)22-17(2)13-27-14-18(22)3/h11-16,19,23H,7-10H2,1-6H3,(H,30,32)(H,28,29,31)/t16?,19?,23-/m0/s1. The van der Waals surface area contributed by atoms with Crippen molar-refractivity contribution in [3.63, 3.8) is 0 Å². The van der Waals surface area contributed by atoms with Crippen molar-refractivity contribution < 1.29 is 14.3 Å². The first kappa shape index (κ1) is 24.7. The molecule has 2 N–H and O–H groups in total. The Kier molecular flexibility index (Phi) is 7.72. The molecule has 0 unspecified atom stereocenters. The van der Waals surface area contributed by atoms with Crippen molar-refractivity contribution >= 4 is 17.8 Å². The summed E-state index contributed by atoms with van der Waals surface area (Å²) >= 11 is 0. The lowest BCUT2D eigenvalue weighted by Gasteiger charge is -2.32. The van der Waals surface area contributed by atoms with E-state index in [2.05, 4.69) is 27.5 Å². The molecular formula is C26H36N4O3. The molecule has 0 bridgehead atoms. The summed E-state index contributed by atoms with van der Waals surface area (Å²) in [7, 11) is 0. The van der Waals surface area contributed by atoms with Crippen LogP contribution in [0.5, 0.6) is 0 Å². The first-order chi connectivity index (χ1) is 15.5. The number of anilines is 1. The molecule has 2 aromatic rings. The van der Waals surface area contributed by atoms with Gasteiger partial charge in [0.2, 0.25) is 5.91 Å². The fourth-order valence-corrected chi connectivity index (χ4v) is 4.43. The van der Waals surface area contributed by atoms with Gasteiger partial charge in [-0.15, -0.1) is 0 Å². The number of nitrogens with zero attached hydrogens (tertiary/aromatic N) is 2. The minimum Gasteiger partial charge on any atom is -0.444 e. The van der Waals surface area contributed by atoms with Gasteiger partial charge in [0, 0.05) is 24.2 Å². The van der Waals surface area contributed by atoms with E-state index in [1.807, 2.05) is 53.1 Å². The van der Waals surface area contributed by atoms with E-state index >= 15 is 0 Å². The van der Waals surface area contributed by atoms with Crippen LogP contribution in [-0.2, 0) is 9.53 Å². The highest BCUT2D eigenvalue weighted by atomic mass is 16.6. The highest BCUT2D eigenvalue weighted by Crippen LogP contribution is 2.31. The normalized spacial score (nSPS) is 19.5. The lowest BCUT2D eigenvalue weighted by Crippen LogP contribution is -2.50. The molecule has 0 saturated heterocycles. The Morgan fingerprint density at radius 2 is 1.67 bits per heavy atom. The van der Waals surface area contributed by atoms with Gasteiger partial charge < -0.3 is 15.4 Å². The number of pyridine rings is 2. The van der Waals surface area contributed by atoms with E-state index in [0.29, 0.717) is 11.7 Å². The first-order valence-electron chi connectivity index (χ1n) is 11.7. The number of ether oxygens (including phenoxy) is 1. The number of carbonyl (C=O) groups excluding carboxylic acids is 2. The topological polar surface area (TPSA) is 93.2 Å². The Balaban J connectivity index is 1.75. The van der Waals surface area contributed by atoms with Crippen molar-refractivity contribution in [3.05, 3.63) is 41.9 Å². The van der Waals surface area contributed by atoms with E-state index in [-0.39, 0.29) is 11.8 Å². The van der Waals surface area contributed by atoms with Gasteiger partial charge in [0.1, 0.15) is 17.5 Å². The van der Waals surface area contributed by atoms with Crippen molar-refractivity contribution in [2.75, 3.05) is 5.32 Å². The van der Waals surface area contributed by atoms with Crippen LogP contribution in [0, 0.1) is 25.7 Å². The minimum atomic E-state index is -0.668. The maximum absolute atomic E-state index is 13.2. The van der Waals surface area contributed by atoms with Gasteiger partial charge in [-0.2, -0.15) is 0 Å². The summed E-state index contributed by atoms with van der Waals surface area (Å²) in [4.78, 5) is 34.4. The predicted molar refractivity (Wildman–Crippen MR) is 130 cm³/mol. The summed E-state index contributed by atoms with van der Waals surface area (Å²) in [6, 6.07) is 3.06. The van der Waals surface area contributed by atoms with Crippen LogP contribution in [0.2, 0.25) is 0 Å². The number of amides is 2. The van der Waals surface area contributed by atoms with Gasteiger partial charge in [-0.3, -0.25) is 9.78 Å². The molecule has 7 heteroatoms. The third-order valence-electron chi connectivity index (χ3n) is 6.12. The molecule has 1 fully saturated rings. The zero-order chi connectivity index (χ0) is 24.2. The monoisotopic (exact) mass is 452 g/mol. The van der Waals surface area contributed by atoms with Crippen LogP contribution in [0.15, 0.2) is 30.7 Å². The number of nitrogens with one attached hydrogen (secondary N) is 2. The van der Waals surface area contributed by atoms with Gasteiger partial charge in [0.05, 0.1) is 0 Å². The molecule has 0 aliphatic heterocycles. The summed E-state index contributed by atoms with van der Waals surface area (Å²) in [5, 5.41) is 5.72. The van der Waals surface area contributed by atoms with Crippen molar-refractivity contribution in [2.45, 2.75) is 78.9 Å². The Bertz CT molecular complexity index is 954. The molecule has 1 aliphatic rings. The second kappa shape index (κ2) is 10.3. The number of carbonyl (C=O) groups is 2. The average Bonchev–Trinajstić information content (AvgIpc) is 2.72. The quantitative estimate of drug-likeness (QED) is 0.632. The smallest absolute Gasteiger partial charge is 0.408 e. The molecule has 3 rings (SSSR count). The second-order valence-corrected chi connectivity index (χ2v) is 10.2. The lowest BCUT2D eigenvalue weighted by molar-refractivity contribution is -0.119. The van der Waals surface area contributed by atoms with E-state index in [0.717, 1.165) is 47.9 Å². The Hall–Kier alpha value is -2.96. The molecule has 7 nitrogen and oxygen atoms in total. The zero-order valence-corrected chi connectivity index (χ0v) is 20.6. The SMILES string of the molecule is Cc1cncc(C)c1-c1ccc(NC(=O)[C@@H](NC(=O)OC(C)(C)C)C2CCC(C)CC2)nc1.